The number of nitrogens with zero attached hydrogens (tertiary/aromatic N) is 1. The lowest BCUT2D eigenvalue weighted by Gasteiger charge is -2.10. The summed E-state index contributed by atoms with van der Waals surface area (Å²) in [5.74, 6) is 2.24. The molecule has 0 fully saturated rings. The number of hydrogen-bond acceptors (Lipinski definition) is 2. The molecule has 1 aromatic carbocycles. The second-order valence-corrected chi connectivity index (χ2v) is 3.80. The van der Waals surface area contributed by atoms with Gasteiger partial charge in [0.2, 0.25) is 0 Å². The number of ether oxygens (including phenoxy) is 1. The Bertz CT molecular complexity index is 509. The molecule has 4 nitrogen and oxygen atoms in total. The maximum absolute atomic E-state index is 12.0. The molecule has 0 spiro atoms. The molecule has 1 aromatic rings. The van der Waals surface area contributed by atoms with Crippen molar-refractivity contribution >= 4 is 35.6 Å². The van der Waals surface area contributed by atoms with Gasteiger partial charge in [-0.2, -0.15) is 0 Å². The molecule has 0 aliphatic rings. The zero-order valence-electron chi connectivity index (χ0n) is 11.1. The minimum Gasteiger partial charge on any atom is -0.406 e. The Morgan fingerprint density at radius 1 is 1.43 bits per heavy atom. The third-order valence-electron chi connectivity index (χ3n) is 2.23. The van der Waals surface area contributed by atoms with Crippen LogP contribution in [0.2, 0.25) is 0 Å². The molecular weight excluding hydrogens is 398 g/mol. The van der Waals surface area contributed by atoms with Gasteiger partial charge in [-0.15, -0.1) is 43.6 Å². The average Bonchev–Trinajstić information content (AvgIpc) is 2.36. The van der Waals surface area contributed by atoms with Crippen molar-refractivity contribution in [1.29, 1.82) is 0 Å². The van der Waals surface area contributed by atoms with Crippen LogP contribution in [0.25, 0.3) is 0 Å². The van der Waals surface area contributed by atoms with Crippen molar-refractivity contribution in [3.8, 4) is 18.1 Å². The maximum Gasteiger partial charge on any atom is 0.573 e. The molecule has 8 heteroatoms. The summed E-state index contributed by atoms with van der Waals surface area (Å²) in [4.78, 5) is 4.03. The predicted octanol–water partition coefficient (Wildman–Crippen LogP) is 3.34. The summed E-state index contributed by atoms with van der Waals surface area (Å²) < 4.78 is 39.7. The molecule has 116 valence electrons. The SMILES string of the molecule is C#CC(CC)N=C(N)Nc1ccc(OC(F)(F)F)cc1.I. The number of alkyl halides is 3. The van der Waals surface area contributed by atoms with E-state index in [2.05, 4.69) is 21.0 Å². The van der Waals surface area contributed by atoms with E-state index < -0.39 is 6.36 Å². The van der Waals surface area contributed by atoms with Crippen LogP contribution in [0, 0.1) is 12.3 Å². The van der Waals surface area contributed by atoms with Crippen LogP contribution in [0.4, 0.5) is 18.9 Å². The fourth-order valence-corrected chi connectivity index (χ4v) is 1.33. The molecule has 0 aliphatic carbocycles. The number of nitrogens with one attached hydrogen (secondary N) is 1. The Kier molecular flexibility index (Phi) is 7.94. The molecule has 0 saturated heterocycles. The number of rotatable bonds is 4. The molecule has 1 atom stereocenters. The van der Waals surface area contributed by atoms with Crippen LogP contribution in [0.15, 0.2) is 29.3 Å². The first-order chi connectivity index (χ1) is 9.34. The predicted molar refractivity (Wildman–Crippen MR) is 86.7 cm³/mol. The first kappa shape index (κ1) is 19.4. The Labute approximate surface area is 138 Å². The van der Waals surface area contributed by atoms with Crippen LogP contribution < -0.4 is 15.8 Å². The molecule has 1 rings (SSSR count). The van der Waals surface area contributed by atoms with Gasteiger partial charge in [-0.3, -0.25) is 0 Å². The normalized spacial score (nSPS) is 12.8. The van der Waals surface area contributed by atoms with Crippen LogP contribution in [0.5, 0.6) is 5.75 Å². The van der Waals surface area contributed by atoms with Crippen molar-refractivity contribution in [2.45, 2.75) is 25.7 Å². The molecule has 3 N–H and O–H groups in total. The van der Waals surface area contributed by atoms with E-state index in [-0.39, 0.29) is 41.7 Å². The van der Waals surface area contributed by atoms with Crippen molar-refractivity contribution in [3.05, 3.63) is 24.3 Å². The van der Waals surface area contributed by atoms with Crippen LogP contribution in [0.3, 0.4) is 0 Å². The summed E-state index contributed by atoms with van der Waals surface area (Å²) in [6.07, 6.45) is 1.16. The van der Waals surface area contributed by atoms with Gasteiger partial charge in [0.15, 0.2) is 5.96 Å². The molecule has 0 saturated carbocycles. The van der Waals surface area contributed by atoms with Crippen LogP contribution in [-0.2, 0) is 0 Å². The van der Waals surface area contributed by atoms with Crippen molar-refractivity contribution in [2.75, 3.05) is 5.32 Å². The third-order valence-corrected chi connectivity index (χ3v) is 2.23. The zero-order valence-corrected chi connectivity index (χ0v) is 13.5. The average molecular weight is 413 g/mol. The van der Waals surface area contributed by atoms with Gasteiger partial charge in [-0.05, 0) is 30.7 Å². The number of terminal acetylenes is 1. The Balaban J connectivity index is 0.00000400. The monoisotopic (exact) mass is 413 g/mol. The van der Waals surface area contributed by atoms with Crippen LogP contribution >= 0.6 is 24.0 Å². The lowest BCUT2D eigenvalue weighted by atomic mass is 10.2. The lowest BCUT2D eigenvalue weighted by molar-refractivity contribution is -0.274. The summed E-state index contributed by atoms with van der Waals surface area (Å²) in [5.41, 5.74) is 6.11. The van der Waals surface area contributed by atoms with Gasteiger partial charge in [0.1, 0.15) is 11.8 Å². The van der Waals surface area contributed by atoms with Gasteiger partial charge >= 0.3 is 6.36 Å². The Hall–Kier alpha value is -1.63. The topological polar surface area (TPSA) is 59.6 Å². The highest BCUT2D eigenvalue weighted by atomic mass is 127. The smallest absolute Gasteiger partial charge is 0.406 e. The summed E-state index contributed by atoms with van der Waals surface area (Å²) in [5, 5.41) is 2.73. The molecule has 0 aliphatic heterocycles. The summed E-state index contributed by atoms with van der Waals surface area (Å²) in [6.45, 7) is 1.87. The molecule has 0 bridgehead atoms. The molecule has 1 unspecified atom stereocenters. The fourth-order valence-electron chi connectivity index (χ4n) is 1.33. The first-order valence-electron chi connectivity index (χ1n) is 5.76. The van der Waals surface area contributed by atoms with Crippen LogP contribution in [0.1, 0.15) is 13.3 Å². The van der Waals surface area contributed by atoms with Crippen LogP contribution in [-0.4, -0.2) is 18.4 Å². The number of aliphatic imine (C=N–C) groups is 1. The summed E-state index contributed by atoms with van der Waals surface area (Å²) in [7, 11) is 0. The van der Waals surface area contributed by atoms with Crippen molar-refractivity contribution in [2.24, 2.45) is 10.7 Å². The zero-order chi connectivity index (χ0) is 15.2. The van der Waals surface area contributed by atoms with E-state index >= 15 is 0 Å². The number of benzene rings is 1. The van der Waals surface area contributed by atoms with Crippen molar-refractivity contribution in [1.82, 2.24) is 0 Å². The quantitative estimate of drug-likeness (QED) is 0.345. The standard InChI is InChI=1S/C13H14F3N3O.HI/c1-3-9(4-2)18-12(17)19-10-5-7-11(8-6-10)20-13(14,15)16;/h1,5-9H,4H2,2H3,(H3,17,18,19);1H. The summed E-state index contributed by atoms with van der Waals surface area (Å²) >= 11 is 0. The first-order valence-corrected chi connectivity index (χ1v) is 5.76. The number of halogens is 4. The lowest BCUT2D eigenvalue weighted by Crippen LogP contribution is -2.24. The Morgan fingerprint density at radius 2 is 2.00 bits per heavy atom. The highest BCUT2D eigenvalue weighted by molar-refractivity contribution is 14.0. The number of guanidine groups is 1. The highest BCUT2D eigenvalue weighted by Crippen LogP contribution is 2.23. The van der Waals surface area contributed by atoms with E-state index in [1.807, 2.05) is 6.92 Å². The van der Waals surface area contributed by atoms with E-state index in [4.69, 9.17) is 12.2 Å². The van der Waals surface area contributed by atoms with Gasteiger partial charge in [0, 0.05) is 5.69 Å². The van der Waals surface area contributed by atoms with E-state index in [1.165, 1.54) is 24.3 Å². The maximum atomic E-state index is 12.0. The minimum absolute atomic E-state index is 0. The molecule has 0 aromatic heterocycles. The number of nitrogens with two attached hydrogens (primary N) is 1. The molecule has 0 radical (unpaired) electrons. The molecule has 0 heterocycles. The molecular formula is C13H15F3IN3O. The van der Waals surface area contributed by atoms with Crippen molar-refractivity contribution in [3.63, 3.8) is 0 Å². The second kappa shape index (κ2) is 8.61. The number of hydrogen-bond donors (Lipinski definition) is 2. The molecule has 0 amide bonds. The third kappa shape index (κ3) is 7.65. The fraction of sp³-hybridized carbons (Fsp3) is 0.308. The van der Waals surface area contributed by atoms with E-state index in [1.54, 1.807) is 0 Å². The largest absolute Gasteiger partial charge is 0.573 e. The highest BCUT2D eigenvalue weighted by Gasteiger charge is 2.30. The summed E-state index contributed by atoms with van der Waals surface area (Å²) in [6, 6.07) is 4.78. The minimum atomic E-state index is -4.71. The number of anilines is 1. The van der Waals surface area contributed by atoms with Crippen molar-refractivity contribution < 1.29 is 17.9 Å². The molecule has 21 heavy (non-hydrogen) atoms. The van der Waals surface area contributed by atoms with E-state index in [0.29, 0.717) is 12.1 Å². The van der Waals surface area contributed by atoms with E-state index in [9.17, 15) is 13.2 Å². The Morgan fingerprint density at radius 3 is 2.43 bits per heavy atom. The van der Waals surface area contributed by atoms with Gasteiger partial charge < -0.3 is 15.8 Å². The van der Waals surface area contributed by atoms with Gasteiger partial charge in [-0.25, -0.2) is 4.99 Å². The van der Waals surface area contributed by atoms with Gasteiger partial charge in [0.05, 0.1) is 0 Å². The van der Waals surface area contributed by atoms with Gasteiger partial charge in [-0.1, -0.05) is 12.8 Å². The second-order valence-electron chi connectivity index (χ2n) is 3.80. The van der Waals surface area contributed by atoms with E-state index in [0.717, 1.165) is 0 Å². The van der Waals surface area contributed by atoms with Gasteiger partial charge in [0.25, 0.3) is 0 Å².